The van der Waals surface area contributed by atoms with Gasteiger partial charge < -0.3 is 15.5 Å². The highest BCUT2D eigenvalue weighted by Crippen LogP contribution is 2.24. The van der Waals surface area contributed by atoms with E-state index in [1.807, 2.05) is 84.3 Å². The van der Waals surface area contributed by atoms with Crippen molar-refractivity contribution in [1.29, 1.82) is 0 Å². The van der Waals surface area contributed by atoms with Crippen molar-refractivity contribution in [1.82, 2.24) is 29.3 Å². The summed E-state index contributed by atoms with van der Waals surface area (Å²) in [6.07, 6.45) is 3.48. The number of amides is 1. The standard InChI is InChI=1S/C31H32N8O/c1-22-7-12-25(34-30(40)24-10-8-23(9-11-24)20-38-17-15-37(2)16-18-38)19-27(22)35-31-32-14-13-29(36-31)39-21-33-26-5-3-4-6-28(26)39/h3-14,19,21H,15-18,20H2,1-2H3,(H,34,40)(H,32,35,36). The van der Waals surface area contributed by atoms with Gasteiger partial charge in [0.25, 0.3) is 5.91 Å². The number of hydrogen-bond donors (Lipinski definition) is 2. The molecule has 1 saturated heterocycles. The van der Waals surface area contributed by atoms with E-state index in [-0.39, 0.29) is 5.91 Å². The molecule has 3 heterocycles. The van der Waals surface area contributed by atoms with Gasteiger partial charge in [-0.15, -0.1) is 0 Å². The predicted molar refractivity (Wildman–Crippen MR) is 158 cm³/mol. The molecule has 0 aliphatic carbocycles. The average Bonchev–Trinajstić information content (AvgIpc) is 3.41. The monoisotopic (exact) mass is 532 g/mol. The van der Waals surface area contributed by atoms with Crippen LogP contribution in [0.3, 0.4) is 0 Å². The Labute approximate surface area is 233 Å². The average molecular weight is 533 g/mol. The van der Waals surface area contributed by atoms with Gasteiger partial charge in [-0.25, -0.2) is 9.97 Å². The Balaban J connectivity index is 1.13. The van der Waals surface area contributed by atoms with Gasteiger partial charge >= 0.3 is 0 Å². The maximum Gasteiger partial charge on any atom is 0.255 e. The molecule has 6 rings (SSSR count). The van der Waals surface area contributed by atoms with Crippen LogP contribution in [0.1, 0.15) is 21.5 Å². The van der Waals surface area contributed by atoms with Gasteiger partial charge in [-0.05, 0) is 67.6 Å². The zero-order valence-corrected chi connectivity index (χ0v) is 22.7. The number of nitrogens with zero attached hydrogens (tertiary/aromatic N) is 6. The van der Waals surface area contributed by atoms with E-state index in [2.05, 4.69) is 37.4 Å². The van der Waals surface area contributed by atoms with Crippen molar-refractivity contribution < 1.29 is 4.79 Å². The summed E-state index contributed by atoms with van der Waals surface area (Å²) < 4.78 is 1.93. The molecule has 0 saturated carbocycles. The van der Waals surface area contributed by atoms with Gasteiger partial charge in [-0.1, -0.05) is 30.3 Å². The van der Waals surface area contributed by atoms with Crippen molar-refractivity contribution in [3.8, 4) is 5.82 Å². The highest BCUT2D eigenvalue weighted by atomic mass is 16.1. The van der Waals surface area contributed by atoms with Crippen LogP contribution in [0.5, 0.6) is 0 Å². The molecule has 2 N–H and O–H groups in total. The van der Waals surface area contributed by atoms with Crippen LogP contribution in [0.15, 0.2) is 85.3 Å². The third-order valence-corrected chi connectivity index (χ3v) is 7.30. The zero-order valence-electron chi connectivity index (χ0n) is 22.7. The number of para-hydroxylation sites is 2. The Kier molecular flexibility index (Phi) is 7.22. The van der Waals surface area contributed by atoms with Crippen LogP contribution in [0, 0.1) is 6.92 Å². The smallest absolute Gasteiger partial charge is 0.255 e. The Hall–Kier alpha value is -4.60. The Morgan fingerprint density at radius 2 is 1.73 bits per heavy atom. The number of nitrogens with one attached hydrogen (secondary N) is 2. The first-order valence-electron chi connectivity index (χ1n) is 13.5. The third kappa shape index (κ3) is 5.70. The lowest BCUT2D eigenvalue weighted by molar-refractivity contribution is 0.102. The molecule has 202 valence electrons. The molecular weight excluding hydrogens is 500 g/mol. The van der Waals surface area contributed by atoms with Gasteiger partial charge in [0.2, 0.25) is 5.95 Å². The van der Waals surface area contributed by atoms with E-state index >= 15 is 0 Å². The van der Waals surface area contributed by atoms with E-state index in [4.69, 9.17) is 4.98 Å². The summed E-state index contributed by atoms with van der Waals surface area (Å²) in [6, 6.07) is 23.4. The van der Waals surface area contributed by atoms with Crippen LogP contribution in [0.25, 0.3) is 16.9 Å². The van der Waals surface area contributed by atoms with Crippen molar-refractivity contribution in [2.24, 2.45) is 0 Å². The number of fused-ring (bicyclic) bond motifs is 1. The highest BCUT2D eigenvalue weighted by molar-refractivity contribution is 6.04. The van der Waals surface area contributed by atoms with Crippen molar-refractivity contribution in [2.75, 3.05) is 43.9 Å². The zero-order chi connectivity index (χ0) is 27.5. The van der Waals surface area contributed by atoms with Crippen LogP contribution in [0.2, 0.25) is 0 Å². The summed E-state index contributed by atoms with van der Waals surface area (Å²) >= 11 is 0. The Morgan fingerprint density at radius 3 is 2.55 bits per heavy atom. The van der Waals surface area contributed by atoms with Gasteiger partial charge in [0.15, 0.2) is 0 Å². The van der Waals surface area contributed by atoms with E-state index in [0.717, 1.165) is 55.0 Å². The highest BCUT2D eigenvalue weighted by Gasteiger charge is 2.15. The first-order valence-corrected chi connectivity index (χ1v) is 13.5. The third-order valence-electron chi connectivity index (χ3n) is 7.30. The van der Waals surface area contributed by atoms with Gasteiger partial charge in [-0.3, -0.25) is 14.3 Å². The maximum absolute atomic E-state index is 13.0. The molecule has 0 bridgehead atoms. The minimum absolute atomic E-state index is 0.147. The SMILES string of the molecule is Cc1ccc(NC(=O)c2ccc(CN3CCN(C)CC3)cc2)cc1Nc1nccc(-n2cnc3ccccc32)n1. The summed E-state index contributed by atoms with van der Waals surface area (Å²) in [7, 11) is 2.16. The molecule has 0 atom stereocenters. The number of likely N-dealkylation sites (N-methyl/N-ethyl adjacent to an activating group) is 1. The van der Waals surface area contributed by atoms with Crippen LogP contribution in [-0.2, 0) is 6.54 Å². The first kappa shape index (κ1) is 25.7. The van der Waals surface area contributed by atoms with E-state index in [9.17, 15) is 4.79 Å². The summed E-state index contributed by atoms with van der Waals surface area (Å²) in [5, 5.41) is 6.33. The van der Waals surface area contributed by atoms with E-state index in [0.29, 0.717) is 23.0 Å². The van der Waals surface area contributed by atoms with E-state index in [1.165, 1.54) is 5.56 Å². The molecule has 1 amide bonds. The Morgan fingerprint density at radius 1 is 0.925 bits per heavy atom. The number of carbonyl (C=O) groups excluding carboxylic acids is 1. The number of aryl methyl sites for hydroxylation is 1. The lowest BCUT2D eigenvalue weighted by Gasteiger charge is -2.32. The summed E-state index contributed by atoms with van der Waals surface area (Å²) in [6.45, 7) is 7.22. The van der Waals surface area contributed by atoms with Gasteiger partial charge in [0.1, 0.15) is 12.1 Å². The summed E-state index contributed by atoms with van der Waals surface area (Å²) in [5.41, 5.74) is 6.23. The molecule has 5 aromatic rings. The number of benzene rings is 3. The molecule has 1 aliphatic rings. The molecule has 9 heteroatoms. The van der Waals surface area contributed by atoms with E-state index < -0.39 is 0 Å². The number of piperazine rings is 1. The second-order valence-electron chi connectivity index (χ2n) is 10.2. The van der Waals surface area contributed by atoms with Crippen molar-refractivity contribution in [2.45, 2.75) is 13.5 Å². The molecule has 3 aromatic carbocycles. The lowest BCUT2D eigenvalue weighted by atomic mass is 10.1. The Bertz CT molecular complexity index is 1640. The first-order chi connectivity index (χ1) is 19.5. The van der Waals surface area contributed by atoms with Crippen molar-refractivity contribution >= 4 is 34.3 Å². The quantitative estimate of drug-likeness (QED) is 0.309. The van der Waals surface area contributed by atoms with E-state index in [1.54, 1.807) is 12.5 Å². The lowest BCUT2D eigenvalue weighted by Crippen LogP contribution is -2.43. The molecule has 0 spiro atoms. The van der Waals surface area contributed by atoms with Crippen LogP contribution >= 0.6 is 0 Å². The normalized spacial score (nSPS) is 14.3. The molecule has 9 nitrogen and oxygen atoms in total. The van der Waals surface area contributed by atoms with Crippen molar-refractivity contribution in [3.05, 3.63) is 102 Å². The molecular formula is C31H32N8O. The van der Waals surface area contributed by atoms with Crippen LogP contribution < -0.4 is 10.6 Å². The minimum atomic E-state index is -0.147. The largest absolute Gasteiger partial charge is 0.324 e. The maximum atomic E-state index is 13.0. The van der Waals surface area contributed by atoms with Gasteiger partial charge in [-0.2, -0.15) is 4.98 Å². The molecule has 0 unspecified atom stereocenters. The van der Waals surface area contributed by atoms with Crippen molar-refractivity contribution in [3.63, 3.8) is 0 Å². The fourth-order valence-electron chi connectivity index (χ4n) is 4.87. The van der Waals surface area contributed by atoms with Crippen LogP contribution in [0.4, 0.5) is 17.3 Å². The number of anilines is 3. The predicted octanol–water partition coefficient (Wildman–Crippen LogP) is 4.87. The number of rotatable bonds is 7. The fraction of sp³-hybridized carbons (Fsp3) is 0.226. The minimum Gasteiger partial charge on any atom is -0.324 e. The number of imidazole rings is 1. The van der Waals surface area contributed by atoms with Gasteiger partial charge in [0, 0.05) is 55.9 Å². The fourth-order valence-corrected chi connectivity index (χ4v) is 4.87. The van der Waals surface area contributed by atoms with Gasteiger partial charge in [0.05, 0.1) is 11.0 Å². The molecule has 1 aliphatic heterocycles. The molecule has 2 aromatic heterocycles. The molecule has 1 fully saturated rings. The second-order valence-corrected chi connectivity index (χ2v) is 10.2. The molecule has 0 radical (unpaired) electrons. The summed E-state index contributed by atoms with van der Waals surface area (Å²) in [4.78, 5) is 31.4. The number of aromatic nitrogens is 4. The van der Waals surface area contributed by atoms with Crippen LogP contribution in [-0.4, -0.2) is 68.5 Å². The number of carbonyl (C=O) groups is 1. The second kappa shape index (κ2) is 11.3. The number of hydrogen-bond acceptors (Lipinski definition) is 7. The molecule has 40 heavy (non-hydrogen) atoms. The topological polar surface area (TPSA) is 91.2 Å². The summed E-state index contributed by atoms with van der Waals surface area (Å²) in [5.74, 6) is 1.02.